The summed E-state index contributed by atoms with van der Waals surface area (Å²) in [6.45, 7) is 3.10. The first-order chi connectivity index (χ1) is 12.2. The van der Waals surface area contributed by atoms with Crippen molar-refractivity contribution in [2.75, 3.05) is 19.7 Å². The summed E-state index contributed by atoms with van der Waals surface area (Å²) in [7, 11) is 0. The molecule has 0 bridgehead atoms. The first kappa shape index (κ1) is 16.1. The van der Waals surface area contributed by atoms with Crippen LogP contribution in [0.2, 0.25) is 0 Å². The third-order valence-electron chi connectivity index (χ3n) is 4.60. The van der Waals surface area contributed by atoms with Gasteiger partial charge in [-0.05, 0) is 23.6 Å². The van der Waals surface area contributed by atoms with Crippen molar-refractivity contribution in [1.29, 1.82) is 0 Å². The number of benzene rings is 1. The lowest BCUT2D eigenvalue weighted by Gasteiger charge is -2.11. The molecule has 2 aliphatic rings. The second-order valence-corrected chi connectivity index (χ2v) is 6.53. The number of carbonyl (C=O) groups is 1. The van der Waals surface area contributed by atoms with E-state index in [2.05, 4.69) is 21.3 Å². The maximum Gasteiger partial charge on any atom is 0.273 e. The predicted molar refractivity (Wildman–Crippen MR) is 89.2 cm³/mol. The van der Waals surface area contributed by atoms with Gasteiger partial charge in [0.15, 0.2) is 5.69 Å². The number of likely N-dealkylation sites (tertiary alicyclic amines) is 1. The molecule has 25 heavy (non-hydrogen) atoms. The third-order valence-corrected chi connectivity index (χ3v) is 4.60. The molecule has 132 valence electrons. The number of hydrogen-bond donors (Lipinski definition) is 2. The minimum absolute atomic E-state index is 0.256. The van der Waals surface area contributed by atoms with Gasteiger partial charge in [0.25, 0.3) is 5.91 Å². The maximum absolute atomic E-state index is 12.2. The molecule has 7 heteroatoms. The zero-order valence-corrected chi connectivity index (χ0v) is 13.9. The van der Waals surface area contributed by atoms with Crippen molar-refractivity contribution in [3.63, 3.8) is 0 Å². The first-order valence-corrected chi connectivity index (χ1v) is 8.55. The summed E-state index contributed by atoms with van der Waals surface area (Å²) >= 11 is 0. The number of carbonyl (C=O) groups excluding carboxylic acids is 1. The van der Waals surface area contributed by atoms with Crippen LogP contribution in [0.3, 0.4) is 0 Å². The molecule has 2 N–H and O–H groups in total. The van der Waals surface area contributed by atoms with E-state index in [-0.39, 0.29) is 17.7 Å². The lowest BCUT2D eigenvalue weighted by Crippen LogP contribution is -2.24. The van der Waals surface area contributed by atoms with Crippen molar-refractivity contribution in [3.05, 3.63) is 47.2 Å². The Kier molecular flexibility index (Phi) is 4.42. The molecule has 1 amide bonds. The number of amides is 1. The maximum atomic E-state index is 12.2. The Balaban J connectivity index is 1.32. The highest BCUT2D eigenvalue weighted by Crippen LogP contribution is 2.25. The van der Waals surface area contributed by atoms with Crippen LogP contribution in [-0.2, 0) is 19.5 Å². The van der Waals surface area contributed by atoms with Crippen molar-refractivity contribution in [2.45, 2.75) is 32.0 Å². The molecule has 0 aliphatic carbocycles. The van der Waals surface area contributed by atoms with E-state index in [9.17, 15) is 9.90 Å². The van der Waals surface area contributed by atoms with E-state index >= 15 is 0 Å². The number of fused-ring (bicyclic) bond motifs is 1. The Labute approximate surface area is 145 Å². The highest BCUT2D eigenvalue weighted by Gasteiger charge is 2.22. The Morgan fingerprint density at radius 2 is 2.36 bits per heavy atom. The second kappa shape index (κ2) is 6.85. The van der Waals surface area contributed by atoms with Gasteiger partial charge < -0.3 is 19.6 Å². The molecule has 1 fully saturated rings. The Morgan fingerprint density at radius 1 is 1.44 bits per heavy atom. The molecule has 1 saturated heterocycles. The van der Waals surface area contributed by atoms with Gasteiger partial charge in [0.1, 0.15) is 12.0 Å². The van der Waals surface area contributed by atoms with Crippen LogP contribution in [0.4, 0.5) is 0 Å². The van der Waals surface area contributed by atoms with Crippen molar-refractivity contribution in [3.8, 4) is 5.75 Å². The average molecular weight is 343 g/mol. The van der Waals surface area contributed by atoms with E-state index in [1.165, 1.54) is 11.8 Å². The number of aromatic nitrogens is 1. The van der Waals surface area contributed by atoms with Crippen LogP contribution in [0.5, 0.6) is 5.75 Å². The second-order valence-electron chi connectivity index (χ2n) is 6.53. The fourth-order valence-corrected chi connectivity index (χ4v) is 3.26. The standard InChI is InChI=1S/C18H21N3O4/c22-14-3-5-21(9-14)10-17-20-15(11-25-17)18(23)19-8-12-1-2-16-13(7-12)4-6-24-16/h1-2,7,11,14,22H,3-6,8-10H2,(H,19,23)/t14-/m0/s1. The zero-order valence-electron chi connectivity index (χ0n) is 13.9. The smallest absolute Gasteiger partial charge is 0.273 e. The van der Waals surface area contributed by atoms with Gasteiger partial charge in [0, 0.05) is 26.1 Å². The number of hydrogen-bond acceptors (Lipinski definition) is 6. The van der Waals surface area contributed by atoms with Gasteiger partial charge in [-0.3, -0.25) is 9.69 Å². The Hall–Kier alpha value is -2.38. The number of nitrogens with one attached hydrogen (secondary N) is 1. The van der Waals surface area contributed by atoms with Crippen LogP contribution in [0, 0.1) is 0 Å². The monoisotopic (exact) mass is 343 g/mol. The first-order valence-electron chi connectivity index (χ1n) is 8.55. The largest absolute Gasteiger partial charge is 0.493 e. The van der Waals surface area contributed by atoms with E-state index in [1.807, 2.05) is 12.1 Å². The SMILES string of the molecule is O=C(NCc1ccc2c(c1)CCO2)c1coc(CN2CC[C@H](O)C2)n1. The quantitative estimate of drug-likeness (QED) is 0.845. The minimum Gasteiger partial charge on any atom is -0.493 e. The molecular formula is C18H21N3O4. The fourth-order valence-electron chi connectivity index (χ4n) is 3.26. The molecule has 0 saturated carbocycles. The molecule has 2 aliphatic heterocycles. The summed E-state index contributed by atoms with van der Waals surface area (Å²) in [6.07, 6.45) is 2.78. The van der Waals surface area contributed by atoms with Crippen molar-refractivity contribution >= 4 is 5.91 Å². The van der Waals surface area contributed by atoms with Crippen molar-refractivity contribution in [2.24, 2.45) is 0 Å². The highest BCUT2D eigenvalue weighted by molar-refractivity contribution is 5.91. The van der Waals surface area contributed by atoms with E-state index in [0.29, 0.717) is 25.5 Å². The summed E-state index contributed by atoms with van der Waals surface area (Å²) in [4.78, 5) is 18.5. The molecule has 0 spiro atoms. The molecule has 3 heterocycles. The normalized spacial score (nSPS) is 19.6. The molecule has 1 aromatic carbocycles. The third kappa shape index (κ3) is 3.67. The predicted octanol–water partition coefficient (Wildman–Crippen LogP) is 1.11. The molecule has 4 rings (SSSR count). The molecule has 7 nitrogen and oxygen atoms in total. The lowest BCUT2D eigenvalue weighted by atomic mass is 10.1. The number of oxazole rings is 1. The molecule has 0 radical (unpaired) electrons. The lowest BCUT2D eigenvalue weighted by molar-refractivity contribution is 0.0945. The number of rotatable bonds is 5. The topological polar surface area (TPSA) is 87.8 Å². The van der Waals surface area contributed by atoms with Gasteiger partial charge >= 0.3 is 0 Å². The molecule has 2 aromatic rings. The van der Waals surface area contributed by atoms with Gasteiger partial charge in [0.05, 0.1) is 19.3 Å². The Morgan fingerprint density at radius 3 is 3.20 bits per heavy atom. The van der Waals surface area contributed by atoms with Crippen LogP contribution >= 0.6 is 0 Å². The average Bonchev–Trinajstić information content (AvgIpc) is 3.33. The van der Waals surface area contributed by atoms with Crippen molar-refractivity contribution in [1.82, 2.24) is 15.2 Å². The summed E-state index contributed by atoms with van der Waals surface area (Å²) in [5.74, 6) is 1.17. The van der Waals surface area contributed by atoms with E-state index < -0.39 is 0 Å². The van der Waals surface area contributed by atoms with Crippen LogP contribution in [0.15, 0.2) is 28.9 Å². The number of ether oxygens (including phenoxy) is 1. The molecule has 0 unspecified atom stereocenters. The highest BCUT2D eigenvalue weighted by atomic mass is 16.5. The van der Waals surface area contributed by atoms with E-state index in [4.69, 9.17) is 9.15 Å². The van der Waals surface area contributed by atoms with Gasteiger partial charge in [-0.15, -0.1) is 0 Å². The van der Waals surface area contributed by atoms with E-state index in [1.54, 1.807) is 0 Å². The summed E-state index contributed by atoms with van der Waals surface area (Å²) < 4.78 is 10.9. The van der Waals surface area contributed by atoms with Crippen molar-refractivity contribution < 1.29 is 19.1 Å². The van der Waals surface area contributed by atoms with Crippen LogP contribution in [-0.4, -0.2) is 46.7 Å². The number of aliphatic hydroxyl groups excluding tert-OH is 1. The van der Waals surface area contributed by atoms with Gasteiger partial charge in [-0.25, -0.2) is 4.98 Å². The van der Waals surface area contributed by atoms with Gasteiger partial charge in [-0.2, -0.15) is 0 Å². The number of aliphatic hydroxyl groups is 1. The number of β-amino-alcohol motifs (C(OH)–C–C–N with tert-alkyl or cyclic N) is 1. The molecule has 1 atom stereocenters. The van der Waals surface area contributed by atoms with Crippen LogP contribution in [0.25, 0.3) is 0 Å². The number of nitrogens with zero attached hydrogens (tertiary/aromatic N) is 2. The zero-order chi connectivity index (χ0) is 17.2. The Bertz CT molecular complexity index is 773. The minimum atomic E-state index is -0.282. The fraction of sp³-hybridized carbons (Fsp3) is 0.444. The van der Waals surface area contributed by atoms with Gasteiger partial charge in [-0.1, -0.05) is 12.1 Å². The van der Waals surface area contributed by atoms with Crippen LogP contribution in [0.1, 0.15) is 33.9 Å². The molecular weight excluding hydrogens is 322 g/mol. The molecule has 1 aromatic heterocycles. The summed E-state index contributed by atoms with van der Waals surface area (Å²) in [6, 6.07) is 5.97. The van der Waals surface area contributed by atoms with E-state index in [0.717, 1.165) is 37.3 Å². The summed E-state index contributed by atoms with van der Waals surface area (Å²) in [5.41, 5.74) is 2.50. The van der Waals surface area contributed by atoms with Crippen LogP contribution < -0.4 is 10.1 Å². The van der Waals surface area contributed by atoms with Gasteiger partial charge in [0.2, 0.25) is 5.89 Å². The summed E-state index contributed by atoms with van der Waals surface area (Å²) in [5, 5.41) is 12.4.